The molecule has 16 heavy (non-hydrogen) atoms. The maximum atomic E-state index is 11.5. The molecule has 8 heteroatoms. The van der Waals surface area contributed by atoms with E-state index in [2.05, 4.69) is 14.6 Å². The molecule has 1 aliphatic carbocycles. The molecule has 5 N–H and O–H groups in total. The molecule has 94 valence electrons. The van der Waals surface area contributed by atoms with Crippen LogP contribution in [0.4, 0.5) is 0 Å². The summed E-state index contributed by atoms with van der Waals surface area (Å²) in [4.78, 5) is 0. The van der Waals surface area contributed by atoms with Gasteiger partial charge in [0, 0.05) is 18.5 Å². The number of rotatable bonds is 5. The average molecular weight is 250 g/mol. The van der Waals surface area contributed by atoms with Gasteiger partial charge in [-0.15, -0.1) is 0 Å². The summed E-state index contributed by atoms with van der Waals surface area (Å²) in [5.41, 5.74) is 5.51. The largest absolute Gasteiger partial charge is 0.409 e. The van der Waals surface area contributed by atoms with Gasteiger partial charge in [-0.25, -0.2) is 4.72 Å². The zero-order chi connectivity index (χ0) is 12.2. The SMILES string of the molecule is CCNS(=O)(=O)NC1CCCC1C(N)=NO. The first-order chi connectivity index (χ1) is 7.50. The van der Waals surface area contributed by atoms with Gasteiger partial charge in [0.15, 0.2) is 0 Å². The molecule has 0 aromatic carbocycles. The Kier molecular flexibility index (Phi) is 4.51. The predicted octanol–water partition coefficient (Wildman–Crippen LogP) is -0.655. The Bertz CT molecular complexity index is 354. The second kappa shape index (κ2) is 5.46. The van der Waals surface area contributed by atoms with Crippen LogP contribution in [0, 0.1) is 5.92 Å². The van der Waals surface area contributed by atoms with Crippen molar-refractivity contribution in [3.05, 3.63) is 0 Å². The van der Waals surface area contributed by atoms with E-state index in [0.29, 0.717) is 13.0 Å². The molecule has 2 unspecified atom stereocenters. The number of nitrogens with zero attached hydrogens (tertiary/aromatic N) is 1. The van der Waals surface area contributed by atoms with Gasteiger partial charge in [-0.2, -0.15) is 13.1 Å². The van der Waals surface area contributed by atoms with E-state index >= 15 is 0 Å². The van der Waals surface area contributed by atoms with Gasteiger partial charge in [-0.1, -0.05) is 18.5 Å². The Morgan fingerprint density at radius 2 is 2.25 bits per heavy atom. The average Bonchev–Trinajstić information content (AvgIpc) is 2.63. The van der Waals surface area contributed by atoms with E-state index in [1.54, 1.807) is 6.92 Å². The summed E-state index contributed by atoms with van der Waals surface area (Å²) in [5, 5.41) is 11.5. The van der Waals surface area contributed by atoms with Crippen LogP contribution in [0.2, 0.25) is 0 Å². The van der Waals surface area contributed by atoms with E-state index < -0.39 is 10.2 Å². The Hall–Kier alpha value is -0.860. The van der Waals surface area contributed by atoms with Crippen molar-refractivity contribution in [2.75, 3.05) is 6.54 Å². The van der Waals surface area contributed by atoms with Gasteiger partial charge in [0.05, 0.1) is 0 Å². The lowest BCUT2D eigenvalue weighted by atomic mass is 10.0. The molecule has 0 amide bonds. The van der Waals surface area contributed by atoms with Crippen LogP contribution < -0.4 is 15.2 Å². The maximum Gasteiger partial charge on any atom is 0.277 e. The van der Waals surface area contributed by atoms with Gasteiger partial charge in [0.25, 0.3) is 10.2 Å². The third-order valence-corrected chi connectivity index (χ3v) is 3.93. The highest BCUT2D eigenvalue weighted by Gasteiger charge is 2.33. The van der Waals surface area contributed by atoms with E-state index in [0.717, 1.165) is 12.8 Å². The number of amidine groups is 1. The summed E-state index contributed by atoms with van der Waals surface area (Å²) < 4.78 is 27.8. The summed E-state index contributed by atoms with van der Waals surface area (Å²) in [6, 6.07) is -0.292. The molecule has 1 fully saturated rings. The van der Waals surface area contributed by atoms with Crippen LogP contribution in [0.25, 0.3) is 0 Å². The minimum absolute atomic E-state index is 0.0849. The minimum atomic E-state index is -3.48. The maximum absolute atomic E-state index is 11.5. The lowest BCUT2D eigenvalue weighted by molar-refractivity contribution is 0.312. The van der Waals surface area contributed by atoms with Crippen LogP contribution >= 0.6 is 0 Å². The van der Waals surface area contributed by atoms with Gasteiger partial charge in [-0.3, -0.25) is 0 Å². The fourth-order valence-corrected chi connectivity index (χ4v) is 3.10. The minimum Gasteiger partial charge on any atom is -0.409 e. The van der Waals surface area contributed by atoms with Crippen LogP contribution in [-0.2, 0) is 10.2 Å². The monoisotopic (exact) mass is 250 g/mol. The van der Waals surface area contributed by atoms with E-state index in [-0.39, 0.29) is 17.8 Å². The fraction of sp³-hybridized carbons (Fsp3) is 0.875. The van der Waals surface area contributed by atoms with Crippen molar-refractivity contribution in [3.63, 3.8) is 0 Å². The van der Waals surface area contributed by atoms with Crippen molar-refractivity contribution in [1.82, 2.24) is 9.44 Å². The smallest absolute Gasteiger partial charge is 0.277 e. The number of oxime groups is 1. The van der Waals surface area contributed by atoms with E-state index in [1.165, 1.54) is 0 Å². The van der Waals surface area contributed by atoms with Gasteiger partial charge >= 0.3 is 0 Å². The number of nitrogens with one attached hydrogen (secondary N) is 2. The van der Waals surface area contributed by atoms with Crippen molar-refractivity contribution in [2.45, 2.75) is 32.2 Å². The Morgan fingerprint density at radius 1 is 1.56 bits per heavy atom. The molecule has 0 saturated heterocycles. The number of hydrogen-bond donors (Lipinski definition) is 4. The normalized spacial score (nSPS) is 27.2. The third-order valence-electron chi connectivity index (χ3n) is 2.65. The Labute approximate surface area is 95.3 Å². The molecule has 1 rings (SSSR count). The molecular weight excluding hydrogens is 232 g/mol. The molecule has 0 aromatic heterocycles. The first-order valence-electron chi connectivity index (χ1n) is 5.24. The van der Waals surface area contributed by atoms with Crippen molar-refractivity contribution >= 4 is 16.0 Å². The first kappa shape index (κ1) is 13.2. The van der Waals surface area contributed by atoms with Crippen LogP contribution in [0.15, 0.2) is 5.16 Å². The van der Waals surface area contributed by atoms with Gasteiger partial charge < -0.3 is 10.9 Å². The standard InChI is InChI=1S/C8H18N4O3S/c1-2-10-16(14,15)12-7-5-3-4-6(7)8(9)11-13/h6-7,10,12-13H,2-5H2,1H3,(H2,9,11). The van der Waals surface area contributed by atoms with E-state index in [4.69, 9.17) is 10.9 Å². The summed E-state index contributed by atoms with van der Waals surface area (Å²) in [6.07, 6.45) is 2.29. The summed E-state index contributed by atoms with van der Waals surface area (Å²) >= 11 is 0. The van der Waals surface area contributed by atoms with Crippen LogP contribution in [-0.4, -0.2) is 32.0 Å². The zero-order valence-corrected chi connectivity index (χ0v) is 10.00. The molecule has 7 nitrogen and oxygen atoms in total. The van der Waals surface area contributed by atoms with Crippen molar-refractivity contribution in [3.8, 4) is 0 Å². The van der Waals surface area contributed by atoms with Crippen LogP contribution in [0.1, 0.15) is 26.2 Å². The number of hydrogen-bond acceptors (Lipinski definition) is 4. The second-order valence-electron chi connectivity index (χ2n) is 3.79. The zero-order valence-electron chi connectivity index (χ0n) is 9.18. The highest BCUT2D eigenvalue weighted by molar-refractivity contribution is 7.87. The molecule has 0 aliphatic heterocycles. The summed E-state index contributed by atoms with van der Waals surface area (Å²) in [6.45, 7) is 2.03. The molecule has 0 radical (unpaired) electrons. The second-order valence-corrected chi connectivity index (χ2v) is 5.32. The fourth-order valence-electron chi connectivity index (χ4n) is 1.96. The highest BCUT2D eigenvalue weighted by Crippen LogP contribution is 2.26. The summed E-state index contributed by atoms with van der Waals surface area (Å²) in [5.74, 6) is -0.139. The Balaban J connectivity index is 2.67. The Morgan fingerprint density at radius 3 is 2.81 bits per heavy atom. The predicted molar refractivity (Wildman–Crippen MR) is 60.3 cm³/mol. The number of nitrogens with two attached hydrogens (primary N) is 1. The molecule has 0 bridgehead atoms. The van der Waals surface area contributed by atoms with Crippen LogP contribution in [0.3, 0.4) is 0 Å². The van der Waals surface area contributed by atoms with Gasteiger partial charge in [0.2, 0.25) is 0 Å². The van der Waals surface area contributed by atoms with Crippen LogP contribution in [0.5, 0.6) is 0 Å². The van der Waals surface area contributed by atoms with Crippen molar-refractivity contribution < 1.29 is 13.6 Å². The quantitative estimate of drug-likeness (QED) is 0.224. The van der Waals surface area contributed by atoms with Gasteiger partial charge in [0.1, 0.15) is 5.84 Å². The van der Waals surface area contributed by atoms with E-state index in [1.807, 2.05) is 0 Å². The highest BCUT2D eigenvalue weighted by atomic mass is 32.2. The molecule has 0 heterocycles. The molecule has 1 saturated carbocycles. The first-order valence-corrected chi connectivity index (χ1v) is 6.72. The third kappa shape index (κ3) is 3.32. The lowest BCUT2D eigenvalue weighted by Gasteiger charge is -2.19. The molecule has 2 atom stereocenters. The van der Waals surface area contributed by atoms with E-state index in [9.17, 15) is 8.42 Å². The van der Waals surface area contributed by atoms with Crippen molar-refractivity contribution in [2.24, 2.45) is 16.8 Å². The van der Waals surface area contributed by atoms with Gasteiger partial charge in [-0.05, 0) is 12.8 Å². The topological polar surface area (TPSA) is 117 Å². The molecule has 0 aromatic rings. The van der Waals surface area contributed by atoms with Crippen molar-refractivity contribution in [1.29, 1.82) is 0 Å². The molecule has 0 spiro atoms. The molecule has 1 aliphatic rings. The lowest BCUT2D eigenvalue weighted by Crippen LogP contribution is -2.46. The molecular formula is C8H18N4O3S. The summed E-state index contributed by atoms with van der Waals surface area (Å²) in [7, 11) is -3.48.